The average Bonchev–Trinajstić information content (AvgIpc) is 3.46. The van der Waals surface area contributed by atoms with Crippen LogP contribution in [0.15, 0.2) is 243 Å². The molecular weight excluding hydrogens is 873 g/mol. The molecule has 13 aromatic rings. The third kappa shape index (κ3) is 6.39. The number of hydrogen-bond acceptors (Lipinski definition) is 4. The summed E-state index contributed by atoms with van der Waals surface area (Å²) in [7, 11) is 0. The third-order valence-electron chi connectivity index (χ3n) is 15.2. The molecular formula is C68H42N4. The van der Waals surface area contributed by atoms with Crippen molar-refractivity contribution >= 4 is 43.1 Å². The van der Waals surface area contributed by atoms with Crippen LogP contribution in [0, 0.1) is 0 Å². The van der Waals surface area contributed by atoms with E-state index in [4.69, 9.17) is 19.9 Å². The normalized spacial score (nSPS) is 14.4. The second kappa shape index (κ2) is 16.1. The lowest BCUT2D eigenvalue weighted by Crippen LogP contribution is -2.27. The standard InChI is InChI=1S/C68H42N4/c1-3-17-43(18-4-1)59-39-61(55-27-13-21-45-31-29-41-15-7-9-23-49(41)63(45)55)71-67(69-59)47-33-35-53-57(37-47)65-51-25-11-12-26-52(51)66(53)58-38-48(34-36-54(58)65)68-70-60(44-19-5-2-6-20-44)40-62(72-68)56-28-14-22-46-32-30-42-16-8-10-24-50(42)64(46)56/h1-40,65-66H. The van der Waals surface area contributed by atoms with Crippen LogP contribution >= 0.6 is 0 Å². The van der Waals surface area contributed by atoms with Gasteiger partial charge in [0.25, 0.3) is 0 Å². The second-order valence-electron chi connectivity index (χ2n) is 19.2. The van der Waals surface area contributed by atoms with Crippen molar-refractivity contribution in [2.75, 3.05) is 0 Å². The lowest BCUT2D eigenvalue weighted by atomic mass is 9.61. The van der Waals surface area contributed by atoms with Crippen LogP contribution < -0.4 is 0 Å². The number of hydrogen-bond donors (Lipinski definition) is 0. The maximum Gasteiger partial charge on any atom is 0.160 e. The molecule has 2 heterocycles. The summed E-state index contributed by atoms with van der Waals surface area (Å²) < 4.78 is 0. The Hall–Kier alpha value is -9.38. The third-order valence-corrected chi connectivity index (χ3v) is 15.2. The van der Waals surface area contributed by atoms with Crippen LogP contribution in [0.4, 0.5) is 0 Å². The highest BCUT2D eigenvalue weighted by atomic mass is 14.9. The maximum atomic E-state index is 5.47. The smallest absolute Gasteiger partial charge is 0.160 e. The van der Waals surface area contributed by atoms with Crippen molar-refractivity contribution in [2.24, 2.45) is 0 Å². The van der Waals surface area contributed by atoms with Crippen LogP contribution in [0.3, 0.4) is 0 Å². The molecule has 0 saturated carbocycles. The Morgan fingerprint density at radius 2 is 0.611 bits per heavy atom. The molecule has 11 aromatic carbocycles. The average molecular weight is 915 g/mol. The van der Waals surface area contributed by atoms with Gasteiger partial charge in [-0.2, -0.15) is 0 Å². The number of aromatic nitrogens is 4. The van der Waals surface area contributed by atoms with Crippen LogP contribution in [0.2, 0.25) is 0 Å². The van der Waals surface area contributed by atoms with Crippen LogP contribution in [0.25, 0.3) is 111 Å². The number of fused-ring (bicyclic) bond motifs is 6. The van der Waals surface area contributed by atoms with Crippen molar-refractivity contribution in [3.8, 4) is 67.8 Å². The molecule has 0 spiro atoms. The van der Waals surface area contributed by atoms with Gasteiger partial charge in [0.1, 0.15) is 0 Å². The van der Waals surface area contributed by atoms with Gasteiger partial charge in [0, 0.05) is 45.2 Å². The zero-order valence-electron chi connectivity index (χ0n) is 39.0. The first-order valence-electron chi connectivity index (χ1n) is 24.8. The van der Waals surface area contributed by atoms with Crippen LogP contribution in [-0.4, -0.2) is 19.9 Å². The highest BCUT2D eigenvalue weighted by Crippen LogP contribution is 2.57. The van der Waals surface area contributed by atoms with E-state index in [2.05, 4.69) is 243 Å². The van der Waals surface area contributed by atoms with E-state index in [-0.39, 0.29) is 11.8 Å². The van der Waals surface area contributed by atoms with Gasteiger partial charge in [0.15, 0.2) is 11.6 Å². The molecule has 3 aliphatic carbocycles. The van der Waals surface area contributed by atoms with Crippen LogP contribution in [-0.2, 0) is 0 Å². The second-order valence-corrected chi connectivity index (χ2v) is 19.2. The molecule has 0 aliphatic heterocycles. The van der Waals surface area contributed by atoms with Crippen LogP contribution in [0.1, 0.15) is 45.2 Å². The Morgan fingerprint density at radius 3 is 1.08 bits per heavy atom. The molecule has 4 nitrogen and oxygen atoms in total. The molecule has 4 heteroatoms. The van der Waals surface area contributed by atoms with E-state index in [1.54, 1.807) is 0 Å². The molecule has 72 heavy (non-hydrogen) atoms. The Morgan fingerprint density at radius 1 is 0.236 bits per heavy atom. The van der Waals surface area contributed by atoms with Crippen LogP contribution in [0.5, 0.6) is 0 Å². The summed E-state index contributed by atoms with van der Waals surface area (Å²) in [6.07, 6.45) is 0. The summed E-state index contributed by atoms with van der Waals surface area (Å²) in [5.41, 5.74) is 17.8. The minimum atomic E-state index is 0.0301. The van der Waals surface area contributed by atoms with E-state index < -0.39 is 0 Å². The predicted molar refractivity (Wildman–Crippen MR) is 295 cm³/mol. The van der Waals surface area contributed by atoms with E-state index in [0.717, 1.165) is 56.2 Å². The summed E-state index contributed by atoms with van der Waals surface area (Å²) >= 11 is 0. The Labute approximate surface area is 416 Å². The fraction of sp³-hybridized carbons (Fsp3) is 0.0294. The lowest BCUT2D eigenvalue weighted by molar-refractivity contribution is 0.754. The first kappa shape index (κ1) is 40.5. The van der Waals surface area contributed by atoms with Gasteiger partial charge in [0.05, 0.1) is 22.8 Å². The van der Waals surface area contributed by atoms with Gasteiger partial charge in [-0.1, -0.05) is 218 Å². The Kier molecular flexibility index (Phi) is 9.05. The number of rotatable bonds is 6. The van der Waals surface area contributed by atoms with Gasteiger partial charge in [0.2, 0.25) is 0 Å². The largest absolute Gasteiger partial charge is 0.228 e. The summed E-state index contributed by atoms with van der Waals surface area (Å²) in [6, 6.07) is 87.4. The Bertz CT molecular complexity index is 4070. The molecule has 0 saturated heterocycles. The molecule has 0 fully saturated rings. The first-order chi connectivity index (χ1) is 35.7. The molecule has 2 atom stereocenters. The zero-order chi connectivity index (χ0) is 47.3. The van der Waals surface area contributed by atoms with E-state index >= 15 is 0 Å². The van der Waals surface area contributed by atoms with E-state index in [1.807, 2.05) is 0 Å². The van der Waals surface area contributed by atoms with E-state index in [1.165, 1.54) is 76.5 Å². The first-order valence-corrected chi connectivity index (χ1v) is 24.8. The van der Waals surface area contributed by atoms with Crippen molar-refractivity contribution in [2.45, 2.75) is 11.8 Å². The molecule has 334 valence electrons. The quantitative estimate of drug-likeness (QED) is 0.156. The molecule has 2 aromatic heterocycles. The fourth-order valence-corrected chi connectivity index (χ4v) is 12.0. The molecule has 16 rings (SSSR count). The van der Waals surface area contributed by atoms with E-state index in [0.29, 0.717) is 11.6 Å². The predicted octanol–water partition coefficient (Wildman–Crippen LogP) is 16.9. The van der Waals surface area contributed by atoms with Gasteiger partial charge in [-0.25, -0.2) is 19.9 Å². The van der Waals surface area contributed by atoms with Crippen molar-refractivity contribution < 1.29 is 0 Å². The molecule has 0 N–H and O–H groups in total. The minimum absolute atomic E-state index is 0.0301. The highest BCUT2D eigenvalue weighted by Gasteiger charge is 2.41. The molecule has 2 unspecified atom stereocenters. The van der Waals surface area contributed by atoms with Crippen molar-refractivity contribution in [3.05, 3.63) is 276 Å². The summed E-state index contributed by atoms with van der Waals surface area (Å²) in [4.78, 5) is 21.6. The Balaban J connectivity index is 0.883. The topological polar surface area (TPSA) is 51.6 Å². The van der Waals surface area contributed by atoms with Gasteiger partial charge in [-0.3, -0.25) is 0 Å². The van der Waals surface area contributed by atoms with Crippen molar-refractivity contribution in [3.63, 3.8) is 0 Å². The van der Waals surface area contributed by atoms with E-state index in [9.17, 15) is 0 Å². The SMILES string of the molecule is c1ccc(-c2cc(-c3cccc4ccc5ccccc5c34)nc(-c3ccc4c(c3)C3c5ccccc5C4c4cc(-c5nc(-c6ccccc6)cc(-c6cccc7ccc8ccccc8c67)n5)ccc43)n2)cc1. The van der Waals surface area contributed by atoms with Gasteiger partial charge >= 0.3 is 0 Å². The highest BCUT2D eigenvalue weighted by molar-refractivity contribution is 6.15. The lowest BCUT2D eigenvalue weighted by Gasteiger charge is -2.42. The minimum Gasteiger partial charge on any atom is -0.228 e. The molecule has 3 aliphatic rings. The molecule has 2 bridgehead atoms. The number of benzene rings is 11. The molecule has 0 radical (unpaired) electrons. The van der Waals surface area contributed by atoms with Crippen molar-refractivity contribution in [1.82, 2.24) is 19.9 Å². The monoisotopic (exact) mass is 914 g/mol. The van der Waals surface area contributed by atoms with Gasteiger partial charge in [-0.15, -0.1) is 0 Å². The summed E-state index contributed by atoms with van der Waals surface area (Å²) in [5.74, 6) is 1.48. The zero-order valence-corrected chi connectivity index (χ0v) is 39.0. The van der Waals surface area contributed by atoms with Gasteiger partial charge in [-0.05, 0) is 101 Å². The summed E-state index contributed by atoms with van der Waals surface area (Å²) in [5, 5.41) is 9.62. The fourth-order valence-electron chi connectivity index (χ4n) is 12.0. The number of nitrogens with zero attached hydrogens (tertiary/aromatic N) is 4. The summed E-state index contributed by atoms with van der Waals surface area (Å²) in [6.45, 7) is 0. The van der Waals surface area contributed by atoms with Gasteiger partial charge < -0.3 is 0 Å². The molecule has 0 amide bonds. The maximum absolute atomic E-state index is 5.47. The van der Waals surface area contributed by atoms with Crippen molar-refractivity contribution in [1.29, 1.82) is 0 Å².